The van der Waals surface area contributed by atoms with E-state index in [9.17, 15) is 9.59 Å². The highest BCUT2D eigenvalue weighted by atomic mass is 35.5. The molecule has 31 heavy (non-hydrogen) atoms. The lowest BCUT2D eigenvalue weighted by molar-refractivity contribution is -0.126. The Bertz CT molecular complexity index is 1280. The van der Waals surface area contributed by atoms with Crippen LogP contribution in [0.3, 0.4) is 0 Å². The zero-order chi connectivity index (χ0) is 21.6. The van der Waals surface area contributed by atoms with E-state index in [0.717, 1.165) is 15.8 Å². The standard InChI is InChI=1S/C24H20ClN3O2S/c1-24(23(30)26-14-16-5-3-2-4-6-16)15-27-20(13-17-11-12-31-22(17)27)21(29)28(24)19-9-7-18(25)8-10-19/h2-13H,14-15H2,1H3,(H,26,30)/t24-/m0/s1. The Balaban J connectivity index is 1.57. The molecule has 1 atom stereocenters. The zero-order valence-electron chi connectivity index (χ0n) is 16.8. The largest absolute Gasteiger partial charge is 0.350 e. The molecule has 0 spiro atoms. The van der Waals surface area contributed by atoms with Crippen molar-refractivity contribution in [2.24, 2.45) is 0 Å². The summed E-state index contributed by atoms with van der Waals surface area (Å²) in [6, 6.07) is 20.7. The normalized spacial score (nSPS) is 18.3. The zero-order valence-corrected chi connectivity index (χ0v) is 18.4. The quantitative estimate of drug-likeness (QED) is 0.471. The maximum atomic E-state index is 13.7. The number of benzene rings is 2. The molecule has 0 radical (unpaired) electrons. The predicted octanol–water partition coefficient (Wildman–Crippen LogP) is 5.09. The van der Waals surface area contributed by atoms with Gasteiger partial charge in [0.25, 0.3) is 5.91 Å². The molecule has 0 bridgehead atoms. The fourth-order valence-electron chi connectivity index (χ4n) is 4.16. The van der Waals surface area contributed by atoms with Gasteiger partial charge in [0.2, 0.25) is 5.91 Å². The van der Waals surface area contributed by atoms with Gasteiger partial charge in [0.05, 0.1) is 6.54 Å². The molecule has 2 aromatic heterocycles. The first-order valence-corrected chi connectivity index (χ1v) is 11.2. The smallest absolute Gasteiger partial charge is 0.275 e. The van der Waals surface area contributed by atoms with Crippen LogP contribution in [0.15, 0.2) is 72.1 Å². The summed E-state index contributed by atoms with van der Waals surface area (Å²) in [7, 11) is 0. The van der Waals surface area contributed by atoms with Gasteiger partial charge < -0.3 is 9.88 Å². The molecule has 0 aliphatic carbocycles. The first kappa shape index (κ1) is 19.8. The van der Waals surface area contributed by atoms with Gasteiger partial charge in [0.15, 0.2) is 0 Å². The van der Waals surface area contributed by atoms with Crippen LogP contribution in [-0.4, -0.2) is 21.9 Å². The van der Waals surface area contributed by atoms with Gasteiger partial charge >= 0.3 is 0 Å². The number of nitrogens with one attached hydrogen (secondary N) is 1. The summed E-state index contributed by atoms with van der Waals surface area (Å²) in [6.07, 6.45) is 0. The van der Waals surface area contributed by atoms with E-state index in [0.29, 0.717) is 29.5 Å². The summed E-state index contributed by atoms with van der Waals surface area (Å²) in [5.41, 5.74) is 1.12. The molecule has 1 N–H and O–H groups in total. The van der Waals surface area contributed by atoms with E-state index >= 15 is 0 Å². The molecular formula is C24H20ClN3O2S. The van der Waals surface area contributed by atoms with E-state index in [1.807, 2.05) is 59.3 Å². The number of carbonyl (C=O) groups is 2. The fourth-order valence-corrected chi connectivity index (χ4v) is 5.18. The van der Waals surface area contributed by atoms with Crippen LogP contribution in [-0.2, 0) is 17.9 Å². The highest BCUT2D eigenvalue weighted by Crippen LogP contribution is 2.37. The van der Waals surface area contributed by atoms with Gasteiger partial charge in [-0.2, -0.15) is 0 Å². The first-order valence-electron chi connectivity index (χ1n) is 9.96. The molecule has 5 rings (SSSR count). The predicted molar refractivity (Wildman–Crippen MR) is 125 cm³/mol. The van der Waals surface area contributed by atoms with Crippen molar-refractivity contribution >= 4 is 50.7 Å². The highest BCUT2D eigenvalue weighted by Gasteiger charge is 2.48. The Morgan fingerprint density at radius 1 is 1.13 bits per heavy atom. The number of nitrogens with zero attached hydrogens (tertiary/aromatic N) is 2. The highest BCUT2D eigenvalue weighted by molar-refractivity contribution is 7.16. The van der Waals surface area contributed by atoms with Crippen molar-refractivity contribution < 1.29 is 9.59 Å². The molecule has 3 heterocycles. The van der Waals surface area contributed by atoms with Crippen molar-refractivity contribution in [1.29, 1.82) is 0 Å². The van der Waals surface area contributed by atoms with Crippen molar-refractivity contribution in [3.63, 3.8) is 0 Å². The number of aromatic nitrogens is 1. The summed E-state index contributed by atoms with van der Waals surface area (Å²) in [6.45, 7) is 2.58. The lowest BCUT2D eigenvalue weighted by atomic mass is 9.93. The molecule has 1 aliphatic rings. The average Bonchev–Trinajstić information content (AvgIpc) is 3.36. The van der Waals surface area contributed by atoms with Gasteiger partial charge in [-0.1, -0.05) is 41.9 Å². The Hall–Kier alpha value is -3.09. The minimum absolute atomic E-state index is 0.200. The Labute approximate surface area is 188 Å². The van der Waals surface area contributed by atoms with E-state index in [-0.39, 0.29) is 11.8 Å². The molecule has 156 valence electrons. The second-order valence-electron chi connectivity index (χ2n) is 7.86. The van der Waals surface area contributed by atoms with Crippen LogP contribution in [0.2, 0.25) is 5.02 Å². The van der Waals surface area contributed by atoms with E-state index < -0.39 is 5.54 Å². The molecule has 5 nitrogen and oxygen atoms in total. The molecule has 4 aromatic rings. The van der Waals surface area contributed by atoms with Gasteiger partial charge in [-0.15, -0.1) is 11.3 Å². The number of hydrogen-bond acceptors (Lipinski definition) is 3. The number of anilines is 1. The molecule has 2 aromatic carbocycles. The second kappa shape index (κ2) is 7.55. The number of fused-ring (bicyclic) bond motifs is 3. The monoisotopic (exact) mass is 449 g/mol. The molecule has 0 saturated heterocycles. The Morgan fingerprint density at radius 2 is 1.87 bits per heavy atom. The summed E-state index contributed by atoms with van der Waals surface area (Å²) in [5.74, 6) is -0.405. The third-order valence-electron chi connectivity index (χ3n) is 5.75. The molecule has 2 amide bonds. The number of rotatable bonds is 4. The van der Waals surface area contributed by atoms with Crippen LogP contribution in [0, 0.1) is 0 Å². The molecular weight excluding hydrogens is 430 g/mol. The Kier molecular flexibility index (Phi) is 4.84. The number of amides is 2. The third-order valence-corrected chi connectivity index (χ3v) is 6.96. The maximum Gasteiger partial charge on any atom is 0.275 e. The van der Waals surface area contributed by atoms with Gasteiger partial charge in [0.1, 0.15) is 16.1 Å². The number of thiophene rings is 1. The van der Waals surface area contributed by atoms with Crippen LogP contribution < -0.4 is 10.2 Å². The first-order chi connectivity index (χ1) is 15.0. The van der Waals surface area contributed by atoms with Crippen molar-refractivity contribution in [1.82, 2.24) is 9.88 Å². The van der Waals surface area contributed by atoms with E-state index in [2.05, 4.69) is 5.32 Å². The molecule has 0 fully saturated rings. The van der Waals surface area contributed by atoms with Crippen LogP contribution in [0.25, 0.3) is 10.2 Å². The van der Waals surface area contributed by atoms with Gasteiger partial charge in [-0.3, -0.25) is 14.5 Å². The minimum Gasteiger partial charge on any atom is -0.350 e. The van der Waals surface area contributed by atoms with Crippen molar-refractivity contribution in [3.8, 4) is 0 Å². The fraction of sp³-hybridized carbons (Fsp3) is 0.167. The third kappa shape index (κ3) is 3.32. The summed E-state index contributed by atoms with van der Waals surface area (Å²) >= 11 is 7.65. The van der Waals surface area contributed by atoms with E-state index in [4.69, 9.17) is 11.6 Å². The van der Waals surface area contributed by atoms with Crippen LogP contribution in [0.4, 0.5) is 5.69 Å². The van der Waals surface area contributed by atoms with Gasteiger partial charge in [-0.05, 0) is 54.3 Å². The Morgan fingerprint density at radius 3 is 2.61 bits per heavy atom. The minimum atomic E-state index is -1.11. The van der Waals surface area contributed by atoms with Crippen LogP contribution in [0.5, 0.6) is 0 Å². The topological polar surface area (TPSA) is 54.3 Å². The lowest BCUT2D eigenvalue weighted by Gasteiger charge is -2.44. The van der Waals surface area contributed by atoms with E-state index in [1.165, 1.54) is 0 Å². The number of halogens is 1. The molecule has 1 aliphatic heterocycles. The SMILES string of the molecule is C[C@@]1(C(=O)NCc2ccccc2)Cn2c(cc3ccsc32)C(=O)N1c1ccc(Cl)cc1. The molecule has 0 saturated carbocycles. The van der Waals surface area contributed by atoms with Crippen LogP contribution in [0.1, 0.15) is 23.0 Å². The summed E-state index contributed by atoms with van der Waals surface area (Å²) in [4.78, 5) is 29.8. The second-order valence-corrected chi connectivity index (χ2v) is 9.19. The van der Waals surface area contributed by atoms with Gasteiger partial charge in [-0.25, -0.2) is 0 Å². The van der Waals surface area contributed by atoms with E-state index in [1.54, 1.807) is 40.5 Å². The average molecular weight is 450 g/mol. The number of carbonyl (C=O) groups excluding carboxylic acids is 2. The number of hydrogen-bond donors (Lipinski definition) is 1. The van der Waals surface area contributed by atoms with Crippen molar-refractivity contribution in [2.45, 2.75) is 25.6 Å². The summed E-state index contributed by atoms with van der Waals surface area (Å²) < 4.78 is 1.97. The summed E-state index contributed by atoms with van der Waals surface area (Å²) in [5, 5.41) is 6.63. The molecule has 0 unspecified atom stereocenters. The van der Waals surface area contributed by atoms with Crippen molar-refractivity contribution in [3.05, 3.63) is 88.4 Å². The maximum absolute atomic E-state index is 13.7. The lowest BCUT2D eigenvalue weighted by Crippen LogP contribution is -2.64. The van der Waals surface area contributed by atoms with Gasteiger partial charge in [0, 0.05) is 22.6 Å². The van der Waals surface area contributed by atoms with Crippen LogP contribution >= 0.6 is 22.9 Å². The van der Waals surface area contributed by atoms with Crippen molar-refractivity contribution in [2.75, 3.05) is 4.90 Å². The molecule has 7 heteroatoms.